The molecule has 0 fully saturated rings. The van der Waals surface area contributed by atoms with Crippen LogP contribution in [-0.4, -0.2) is 35.0 Å². The monoisotopic (exact) mass is 380 g/mol. The van der Waals surface area contributed by atoms with Gasteiger partial charge in [-0.3, -0.25) is 14.4 Å². The number of carbonyl (C=O) groups is 3. The van der Waals surface area contributed by atoms with E-state index in [2.05, 4.69) is 5.32 Å². The highest BCUT2D eigenvalue weighted by Crippen LogP contribution is 2.23. The number of nitrogens with one attached hydrogen (secondary N) is 1. The van der Waals surface area contributed by atoms with Crippen molar-refractivity contribution < 1.29 is 24.2 Å². The summed E-state index contributed by atoms with van der Waals surface area (Å²) in [7, 11) is 0. The van der Waals surface area contributed by atoms with Crippen LogP contribution in [0.15, 0.2) is 60.7 Å². The van der Waals surface area contributed by atoms with Crippen molar-refractivity contribution in [3.05, 3.63) is 66.2 Å². The Morgan fingerprint density at radius 2 is 1.61 bits per heavy atom. The zero-order chi connectivity index (χ0) is 20.3. The first-order valence-corrected chi connectivity index (χ1v) is 8.66. The van der Waals surface area contributed by atoms with Crippen LogP contribution in [0.1, 0.15) is 12.5 Å². The minimum absolute atomic E-state index is 0.271. The normalized spacial score (nSPS) is 15.5. The van der Waals surface area contributed by atoms with E-state index < -0.39 is 23.3 Å². The van der Waals surface area contributed by atoms with E-state index in [0.29, 0.717) is 17.1 Å². The van der Waals surface area contributed by atoms with Crippen LogP contribution in [0.25, 0.3) is 0 Å². The molecule has 7 heteroatoms. The van der Waals surface area contributed by atoms with E-state index in [-0.39, 0.29) is 6.61 Å². The van der Waals surface area contributed by atoms with Gasteiger partial charge < -0.3 is 15.2 Å². The molecule has 2 aromatic carbocycles. The van der Waals surface area contributed by atoms with Crippen LogP contribution in [-0.2, 0) is 14.4 Å². The lowest BCUT2D eigenvalue weighted by molar-refractivity contribution is -0.135. The van der Waals surface area contributed by atoms with E-state index in [0.717, 1.165) is 10.5 Å². The van der Waals surface area contributed by atoms with Crippen molar-refractivity contribution in [2.24, 2.45) is 0 Å². The summed E-state index contributed by atoms with van der Waals surface area (Å²) < 4.78 is 5.51. The number of ether oxygens (including phenoxy) is 1. The lowest BCUT2D eigenvalue weighted by Crippen LogP contribution is -2.45. The van der Waals surface area contributed by atoms with E-state index >= 15 is 0 Å². The van der Waals surface area contributed by atoms with Crippen molar-refractivity contribution >= 4 is 29.1 Å². The molecule has 1 atom stereocenters. The number of benzene rings is 2. The molecule has 0 aliphatic carbocycles. The molecule has 2 N–H and O–H groups in total. The quantitative estimate of drug-likeness (QED) is 0.749. The second-order valence-corrected chi connectivity index (χ2v) is 6.72. The van der Waals surface area contributed by atoms with Crippen LogP contribution in [0.2, 0.25) is 0 Å². The van der Waals surface area contributed by atoms with Crippen molar-refractivity contribution in [2.45, 2.75) is 19.4 Å². The first-order chi connectivity index (χ1) is 13.3. The number of hydrogen-bond acceptors (Lipinski definition) is 5. The zero-order valence-corrected chi connectivity index (χ0v) is 15.5. The van der Waals surface area contributed by atoms with Crippen molar-refractivity contribution in [2.75, 3.05) is 16.8 Å². The van der Waals surface area contributed by atoms with Crippen molar-refractivity contribution in [3.8, 4) is 5.75 Å². The molecule has 2 aromatic rings. The van der Waals surface area contributed by atoms with Gasteiger partial charge in [-0.15, -0.1) is 0 Å². The molecular formula is C21H20N2O5. The molecule has 0 saturated carbocycles. The van der Waals surface area contributed by atoms with Gasteiger partial charge in [-0.2, -0.15) is 0 Å². The van der Waals surface area contributed by atoms with Gasteiger partial charge in [-0.25, -0.2) is 4.90 Å². The van der Waals surface area contributed by atoms with Gasteiger partial charge >= 0.3 is 0 Å². The maximum absolute atomic E-state index is 12.3. The second kappa shape index (κ2) is 7.66. The Morgan fingerprint density at radius 1 is 1.04 bits per heavy atom. The molecule has 144 valence electrons. The molecule has 3 amide bonds. The van der Waals surface area contributed by atoms with Gasteiger partial charge in [0.15, 0.2) is 5.60 Å². The van der Waals surface area contributed by atoms with Gasteiger partial charge in [0, 0.05) is 17.8 Å². The third-order valence-corrected chi connectivity index (χ3v) is 4.22. The minimum Gasteiger partial charge on any atom is -0.490 e. The Morgan fingerprint density at radius 3 is 2.18 bits per heavy atom. The summed E-state index contributed by atoms with van der Waals surface area (Å²) in [5.74, 6) is -1.02. The van der Waals surface area contributed by atoms with E-state index in [1.54, 1.807) is 36.4 Å². The third kappa shape index (κ3) is 4.27. The summed E-state index contributed by atoms with van der Waals surface area (Å²) in [4.78, 5) is 36.7. The van der Waals surface area contributed by atoms with Crippen LogP contribution >= 0.6 is 0 Å². The van der Waals surface area contributed by atoms with Gasteiger partial charge in [-0.1, -0.05) is 17.7 Å². The number of aryl methyl sites for hydroxylation is 1. The topological polar surface area (TPSA) is 95.9 Å². The summed E-state index contributed by atoms with van der Waals surface area (Å²) in [6.45, 7) is 3.03. The maximum atomic E-state index is 12.3. The van der Waals surface area contributed by atoms with Gasteiger partial charge in [-0.05, 0) is 50.2 Å². The van der Waals surface area contributed by atoms with Crippen LogP contribution in [0.3, 0.4) is 0 Å². The van der Waals surface area contributed by atoms with Crippen molar-refractivity contribution in [1.82, 2.24) is 0 Å². The lowest BCUT2D eigenvalue weighted by Gasteiger charge is -2.23. The van der Waals surface area contributed by atoms with Gasteiger partial charge in [0.05, 0.1) is 5.69 Å². The number of aliphatic hydroxyl groups is 1. The van der Waals surface area contributed by atoms with Gasteiger partial charge in [0.25, 0.3) is 17.7 Å². The largest absolute Gasteiger partial charge is 0.490 e. The molecule has 0 bridgehead atoms. The molecule has 7 nitrogen and oxygen atoms in total. The van der Waals surface area contributed by atoms with Crippen LogP contribution < -0.4 is 15.0 Å². The summed E-state index contributed by atoms with van der Waals surface area (Å²) in [5, 5.41) is 13.1. The molecule has 0 radical (unpaired) electrons. The van der Waals surface area contributed by atoms with Crippen LogP contribution in [0.4, 0.5) is 11.4 Å². The zero-order valence-electron chi connectivity index (χ0n) is 15.5. The Labute approximate surface area is 162 Å². The predicted octanol–water partition coefficient (Wildman–Crippen LogP) is 2.19. The fourth-order valence-corrected chi connectivity index (χ4v) is 2.54. The van der Waals surface area contributed by atoms with E-state index in [1.807, 2.05) is 19.1 Å². The molecule has 0 unspecified atom stereocenters. The molecular weight excluding hydrogens is 360 g/mol. The minimum atomic E-state index is -1.76. The Hall–Kier alpha value is -3.45. The first-order valence-electron chi connectivity index (χ1n) is 8.66. The third-order valence-electron chi connectivity index (χ3n) is 4.22. The molecule has 28 heavy (non-hydrogen) atoms. The highest BCUT2D eigenvalue weighted by atomic mass is 16.5. The highest BCUT2D eigenvalue weighted by Gasteiger charge is 2.31. The summed E-state index contributed by atoms with van der Waals surface area (Å²) >= 11 is 0. The SMILES string of the molecule is Cc1ccc(NC(=O)[C@@](C)(O)COc2ccc(N3C(=O)C=CC3=O)cc2)cc1. The maximum Gasteiger partial charge on any atom is 0.259 e. The lowest BCUT2D eigenvalue weighted by atomic mass is 10.1. The highest BCUT2D eigenvalue weighted by molar-refractivity contribution is 6.28. The number of nitrogens with zero attached hydrogens (tertiary/aromatic N) is 1. The number of anilines is 2. The number of carbonyl (C=O) groups excluding carboxylic acids is 3. The molecule has 3 rings (SSSR count). The van der Waals surface area contributed by atoms with E-state index in [4.69, 9.17) is 4.74 Å². The van der Waals surface area contributed by atoms with Crippen LogP contribution in [0, 0.1) is 6.92 Å². The van der Waals surface area contributed by atoms with Gasteiger partial charge in [0.2, 0.25) is 0 Å². The first kappa shape index (κ1) is 19.3. The van der Waals surface area contributed by atoms with E-state index in [1.165, 1.54) is 19.1 Å². The summed E-state index contributed by atoms with van der Waals surface area (Å²) in [5.41, 5.74) is 0.295. The van der Waals surface area contributed by atoms with Gasteiger partial charge in [0.1, 0.15) is 12.4 Å². The Balaban J connectivity index is 1.59. The summed E-state index contributed by atoms with van der Waals surface area (Å²) in [6, 6.07) is 13.4. The summed E-state index contributed by atoms with van der Waals surface area (Å²) in [6.07, 6.45) is 2.41. The molecule has 1 aliphatic rings. The average molecular weight is 380 g/mol. The number of amides is 3. The smallest absolute Gasteiger partial charge is 0.259 e. The fourth-order valence-electron chi connectivity index (χ4n) is 2.54. The van der Waals surface area contributed by atoms with Crippen molar-refractivity contribution in [1.29, 1.82) is 0 Å². The van der Waals surface area contributed by atoms with Crippen LogP contribution in [0.5, 0.6) is 5.75 Å². The standard InChI is InChI=1S/C21H20N2O5/c1-14-3-5-15(6-4-14)22-20(26)21(2,27)13-28-17-9-7-16(8-10-17)23-18(24)11-12-19(23)25/h3-12,27H,13H2,1-2H3,(H,22,26)/t21-/m0/s1. The second-order valence-electron chi connectivity index (χ2n) is 6.72. The molecule has 0 saturated heterocycles. The molecule has 0 spiro atoms. The number of imide groups is 1. The average Bonchev–Trinajstić information content (AvgIpc) is 3.01. The molecule has 1 aliphatic heterocycles. The Kier molecular flexibility index (Phi) is 5.28. The number of rotatable bonds is 6. The van der Waals surface area contributed by atoms with Crippen molar-refractivity contribution in [3.63, 3.8) is 0 Å². The van der Waals surface area contributed by atoms with E-state index in [9.17, 15) is 19.5 Å². The molecule has 0 aromatic heterocycles. The predicted molar refractivity (Wildman–Crippen MR) is 104 cm³/mol. The Bertz CT molecular complexity index is 912. The number of hydrogen-bond donors (Lipinski definition) is 2. The fraction of sp³-hybridized carbons (Fsp3) is 0.190. The molecule has 1 heterocycles.